The van der Waals surface area contributed by atoms with E-state index >= 15 is 0 Å². The third-order valence-electron chi connectivity index (χ3n) is 4.57. The van der Waals surface area contributed by atoms with Crippen molar-refractivity contribution in [1.29, 1.82) is 0 Å². The average molecular weight is 288 g/mol. The Hall–Kier alpha value is -1.02. The van der Waals surface area contributed by atoms with Gasteiger partial charge in [0.2, 0.25) is 0 Å². The number of rotatable bonds is 4. The monoisotopic (exact) mass is 288 g/mol. The molecule has 0 bridgehead atoms. The molecule has 1 aromatic rings. The van der Waals surface area contributed by atoms with Crippen LogP contribution in [0.1, 0.15) is 58.9 Å². The molecule has 0 radical (unpaired) electrons. The fourth-order valence-electron chi connectivity index (χ4n) is 3.14. The van der Waals surface area contributed by atoms with Crippen molar-refractivity contribution in [2.24, 2.45) is 5.92 Å². The van der Waals surface area contributed by atoms with Gasteiger partial charge in [0.25, 0.3) is 0 Å². The molecule has 0 amide bonds. The summed E-state index contributed by atoms with van der Waals surface area (Å²) < 4.78 is 0. The summed E-state index contributed by atoms with van der Waals surface area (Å²) in [6, 6.07) is 8.91. The number of hydrogen-bond acceptors (Lipinski definition) is 2. The van der Waals surface area contributed by atoms with Crippen LogP contribution in [-0.4, -0.2) is 18.6 Å². The largest absolute Gasteiger partial charge is 0.371 e. The van der Waals surface area contributed by atoms with E-state index in [0.29, 0.717) is 0 Å². The molecule has 1 aliphatic rings. The van der Waals surface area contributed by atoms with Gasteiger partial charge < -0.3 is 10.2 Å². The number of benzene rings is 1. The van der Waals surface area contributed by atoms with Gasteiger partial charge in [0.1, 0.15) is 0 Å². The van der Waals surface area contributed by atoms with E-state index in [1.165, 1.54) is 50.0 Å². The molecule has 0 spiro atoms. The van der Waals surface area contributed by atoms with E-state index in [1.54, 1.807) is 0 Å². The Labute approximate surface area is 130 Å². The number of para-hydroxylation sites is 1. The lowest BCUT2D eigenvalue weighted by Gasteiger charge is -2.27. The van der Waals surface area contributed by atoms with Gasteiger partial charge in [-0.05, 0) is 57.6 Å². The molecule has 2 rings (SSSR count). The van der Waals surface area contributed by atoms with Gasteiger partial charge in [-0.1, -0.05) is 31.5 Å². The van der Waals surface area contributed by atoms with E-state index < -0.39 is 0 Å². The van der Waals surface area contributed by atoms with E-state index in [0.717, 1.165) is 12.5 Å². The molecule has 0 saturated carbocycles. The van der Waals surface area contributed by atoms with E-state index in [2.05, 4.69) is 62.2 Å². The zero-order valence-electron chi connectivity index (χ0n) is 14.3. The summed E-state index contributed by atoms with van der Waals surface area (Å²) in [5.74, 6) is 0.926. The first-order valence-corrected chi connectivity index (χ1v) is 8.57. The third kappa shape index (κ3) is 5.03. The lowest BCUT2D eigenvalue weighted by atomic mass is 9.98. The molecule has 1 unspecified atom stereocenters. The van der Waals surface area contributed by atoms with E-state index in [1.807, 2.05) is 0 Å². The van der Waals surface area contributed by atoms with Crippen LogP contribution < -0.4 is 10.2 Å². The number of nitrogens with zero attached hydrogens (tertiary/aromatic N) is 1. The normalized spacial score (nSPS) is 20.4. The first-order chi connectivity index (χ1) is 9.99. The SMILES string of the molecule is CCC1CCCN(c2ccccc2CNC(C)(C)C)CC1. The van der Waals surface area contributed by atoms with Crippen molar-refractivity contribution in [3.05, 3.63) is 29.8 Å². The van der Waals surface area contributed by atoms with E-state index in [4.69, 9.17) is 0 Å². The smallest absolute Gasteiger partial charge is 0.0411 e. The van der Waals surface area contributed by atoms with Crippen molar-refractivity contribution in [3.63, 3.8) is 0 Å². The van der Waals surface area contributed by atoms with Gasteiger partial charge in [-0.2, -0.15) is 0 Å². The number of hydrogen-bond donors (Lipinski definition) is 1. The third-order valence-corrected chi connectivity index (χ3v) is 4.57. The second kappa shape index (κ2) is 7.31. The molecule has 1 aromatic carbocycles. The highest BCUT2D eigenvalue weighted by molar-refractivity contribution is 5.53. The zero-order chi connectivity index (χ0) is 15.3. The van der Waals surface area contributed by atoms with Crippen LogP contribution in [0.25, 0.3) is 0 Å². The summed E-state index contributed by atoms with van der Waals surface area (Å²) in [4.78, 5) is 2.61. The minimum absolute atomic E-state index is 0.166. The van der Waals surface area contributed by atoms with Crippen molar-refractivity contribution < 1.29 is 0 Å². The second-order valence-corrected chi connectivity index (χ2v) is 7.42. The first kappa shape index (κ1) is 16.4. The summed E-state index contributed by atoms with van der Waals surface area (Å²) in [6.45, 7) is 12.4. The fraction of sp³-hybridized carbons (Fsp3) is 0.684. The molecule has 2 nitrogen and oxygen atoms in total. The molecule has 1 saturated heterocycles. The molecule has 2 heteroatoms. The van der Waals surface area contributed by atoms with Crippen LogP contribution in [0.15, 0.2) is 24.3 Å². The Kier molecular flexibility index (Phi) is 5.69. The maximum absolute atomic E-state index is 3.63. The number of nitrogens with one attached hydrogen (secondary N) is 1. The Morgan fingerprint density at radius 2 is 1.90 bits per heavy atom. The molecule has 1 N–H and O–H groups in total. The van der Waals surface area contributed by atoms with Crippen molar-refractivity contribution >= 4 is 5.69 Å². The van der Waals surface area contributed by atoms with Crippen molar-refractivity contribution in [2.75, 3.05) is 18.0 Å². The molecule has 0 aromatic heterocycles. The van der Waals surface area contributed by atoms with Gasteiger partial charge in [0.15, 0.2) is 0 Å². The van der Waals surface area contributed by atoms with Crippen molar-refractivity contribution in [2.45, 2.75) is 65.5 Å². The molecule has 0 aliphatic carbocycles. The van der Waals surface area contributed by atoms with Gasteiger partial charge in [-0.25, -0.2) is 0 Å². The summed E-state index contributed by atoms with van der Waals surface area (Å²) >= 11 is 0. The molecular formula is C19H32N2. The molecule has 1 heterocycles. The minimum Gasteiger partial charge on any atom is -0.371 e. The predicted molar refractivity (Wildman–Crippen MR) is 92.9 cm³/mol. The lowest BCUT2D eigenvalue weighted by Crippen LogP contribution is -2.36. The summed E-state index contributed by atoms with van der Waals surface area (Å²) in [5.41, 5.74) is 3.03. The van der Waals surface area contributed by atoms with Crippen molar-refractivity contribution in [3.8, 4) is 0 Å². The van der Waals surface area contributed by atoms with Crippen LogP contribution in [-0.2, 0) is 6.54 Å². The first-order valence-electron chi connectivity index (χ1n) is 8.57. The zero-order valence-corrected chi connectivity index (χ0v) is 14.3. The number of anilines is 1. The molecule has 1 atom stereocenters. The molecule has 1 aliphatic heterocycles. The van der Waals surface area contributed by atoms with Gasteiger partial charge in [-0.3, -0.25) is 0 Å². The van der Waals surface area contributed by atoms with Crippen LogP contribution in [0.5, 0.6) is 0 Å². The van der Waals surface area contributed by atoms with Crippen molar-refractivity contribution in [1.82, 2.24) is 5.32 Å². The summed E-state index contributed by atoms with van der Waals surface area (Å²) in [5, 5.41) is 3.63. The van der Waals surface area contributed by atoms with Crippen LogP contribution in [0, 0.1) is 5.92 Å². The maximum Gasteiger partial charge on any atom is 0.0411 e. The fourth-order valence-corrected chi connectivity index (χ4v) is 3.14. The van der Waals surface area contributed by atoms with Crippen LogP contribution >= 0.6 is 0 Å². The summed E-state index contributed by atoms with van der Waals surface area (Å²) in [7, 11) is 0. The highest BCUT2D eigenvalue weighted by Crippen LogP contribution is 2.27. The lowest BCUT2D eigenvalue weighted by molar-refractivity contribution is 0.424. The Balaban J connectivity index is 2.08. The van der Waals surface area contributed by atoms with Crippen LogP contribution in [0.4, 0.5) is 5.69 Å². The molecular weight excluding hydrogens is 256 g/mol. The van der Waals surface area contributed by atoms with Crippen LogP contribution in [0.2, 0.25) is 0 Å². The van der Waals surface area contributed by atoms with Gasteiger partial charge in [0, 0.05) is 30.9 Å². The standard InChI is InChI=1S/C19H32N2/c1-5-16-9-8-13-21(14-12-16)18-11-7-6-10-17(18)15-20-19(2,3)4/h6-7,10-11,16,20H,5,8-9,12-15H2,1-4H3. The Morgan fingerprint density at radius 3 is 2.62 bits per heavy atom. The quantitative estimate of drug-likeness (QED) is 0.871. The minimum atomic E-state index is 0.166. The summed E-state index contributed by atoms with van der Waals surface area (Å²) in [6.07, 6.45) is 5.41. The Bertz CT molecular complexity index is 433. The van der Waals surface area contributed by atoms with Gasteiger partial charge >= 0.3 is 0 Å². The van der Waals surface area contributed by atoms with Crippen LogP contribution in [0.3, 0.4) is 0 Å². The average Bonchev–Trinajstić information content (AvgIpc) is 2.70. The Morgan fingerprint density at radius 1 is 1.14 bits per heavy atom. The van der Waals surface area contributed by atoms with E-state index in [9.17, 15) is 0 Å². The maximum atomic E-state index is 3.63. The van der Waals surface area contributed by atoms with E-state index in [-0.39, 0.29) is 5.54 Å². The highest BCUT2D eigenvalue weighted by atomic mass is 15.1. The molecule has 118 valence electrons. The van der Waals surface area contributed by atoms with Gasteiger partial charge in [-0.15, -0.1) is 0 Å². The molecule has 21 heavy (non-hydrogen) atoms. The highest BCUT2D eigenvalue weighted by Gasteiger charge is 2.18. The second-order valence-electron chi connectivity index (χ2n) is 7.42. The van der Waals surface area contributed by atoms with Gasteiger partial charge in [0.05, 0.1) is 0 Å². The topological polar surface area (TPSA) is 15.3 Å². The predicted octanol–water partition coefficient (Wildman–Crippen LogP) is 4.59. The molecule has 1 fully saturated rings.